The fourth-order valence-corrected chi connectivity index (χ4v) is 3.04. The zero-order valence-electron chi connectivity index (χ0n) is 11.5. The van der Waals surface area contributed by atoms with Gasteiger partial charge in [0.2, 0.25) is 0 Å². The minimum absolute atomic E-state index is 0.175. The molecule has 2 heteroatoms. The molecule has 0 bridgehead atoms. The second kappa shape index (κ2) is 7.73. The summed E-state index contributed by atoms with van der Waals surface area (Å²) in [7, 11) is 0. The van der Waals surface area contributed by atoms with E-state index in [1.807, 2.05) is 6.92 Å². The minimum atomic E-state index is -0.638. The minimum Gasteiger partial charge on any atom is -0.481 e. The SMILES string of the molecule is CCC(CCC1CCCCC1)CC(C)C(=O)O. The molecule has 2 unspecified atom stereocenters. The average molecular weight is 240 g/mol. The smallest absolute Gasteiger partial charge is 0.306 e. The first-order valence-corrected chi connectivity index (χ1v) is 7.36. The van der Waals surface area contributed by atoms with Gasteiger partial charge in [0.25, 0.3) is 0 Å². The lowest BCUT2D eigenvalue weighted by molar-refractivity contribution is -0.141. The number of rotatable bonds is 7. The third-order valence-corrected chi connectivity index (χ3v) is 4.39. The molecule has 17 heavy (non-hydrogen) atoms. The highest BCUT2D eigenvalue weighted by molar-refractivity contribution is 5.69. The molecule has 0 aromatic carbocycles. The molecule has 1 aliphatic rings. The quantitative estimate of drug-likeness (QED) is 0.712. The molecular weight excluding hydrogens is 212 g/mol. The van der Waals surface area contributed by atoms with Gasteiger partial charge < -0.3 is 5.11 Å². The van der Waals surface area contributed by atoms with Crippen molar-refractivity contribution in [1.82, 2.24) is 0 Å². The Morgan fingerprint density at radius 1 is 1.29 bits per heavy atom. The van der Waals surface area contributed by atoms with Gasteiger partial charge in [-0.15, -0.1) is 0 Å². The van der Waals surface area contributed by atoms with Crippen molar-refractivity contribution in [2.45, 2.75) is 71.6 Å². The fraction of sp³-hybridized carbons (Fsp3) is 0.933. The summed E-state index contributed by atoms with van der Waals surface area (Å²) < 4.78 is 0. The van der Waals surface area contributed by atoms with Crippen LogP contribution in [0.25, 0.3) is 0 Å². The lowest BCUT2D eigenvalue weighted by Crippen LogP contribution is -2.16. The maximum absolute atomic E-state index is 10.9. The van der Waals surface area contributed by atoms with E-state index in [2.05, 4.69) is 6.92 Å². The van der Waals surface area contributed by atoms with Crippen LogP contribution in [-0.2, 0) is 4.79 Å². The molecule has 0 aliphatic heterocycles. The molecule has 1 saturated carbocycles. The molecule has 0 spiro atoms. The molecule has 1 rings (SSSR count). The molecular formula is C15H28O2. The Kier molecular flexibility index (Phi) is 6.61. The maximum atomic E-state index is 10.9. The lowest BCUT2D eigenvalue weighted by atomic mass is 9.82. The molecule has 0 aromatic heterocycles. The van der Waals surface area contributed by atoms with Gasteiger partial charge in [-0.2, -0.15) is 0 Å². The second-order valence-electron chi connectivity index (χ2n) is 5.83. The van der Waals surface area contributed by atoms with Crippen molar-refractivity contribution in [1.29, 1.82) is 0 Å². The number of hydrogen-bond acceptors (Lipinski definition) is 1. The standard InChI is InChI=1S/C15H28O2/c1-3-13(11-12(2)15(16)17)9-10-14-7-5-4-6-8-14/h12-14H,3-11H2,1-2H3,(H,16,17). The summed E-state index contributed by atoms with van der Waals surface area (Å²) in [6.45, 7) is 4.03. The van der Waals surface area contributed by atoms with E-state index in [0.717, 1.165) is 18.8 Å². The van der Waals surface area contributed by atoms with Crippen molar-refractivity contribution >= 4 is 5.97 Å². The van der Waals surface area contributed by atoms with Crippen molar-refractivity contribution in [2.24, 2.45) is 17.8 Å². The van der Waals surface area contributed by atoms with Gasteiger partial charge >= 0.3 is 5.97 Å². The summed E-state index contributed by atoms with van der Waals surface area (Å²) in [4.78, 5) is 10.9. The summed E-state index contributed by atoms with van der Waals surface area (Å²) >= 11 is 0. The zero-order chi connectivity index (χ0) is 12.7. The Labute approximate surface area is 106 Å². The molecule has 0 radical (unpaired) electrons. The highest BCUT2D eigenvalue weighted by Gasteiger charge is 2.19. The number of carbonyl (C=O) groups is 1. The van der Waals surface area contributed by atoms with Crippen LogP contribution in [0, 0.1) is 17.8 Å². The van der Waals surface area contributed by atoms with E-state index in [1.165, 1.54) is 44.9 Å². The van der Waals surface area contributed by atoms with Crippen LogP contribution in [0.3, 0.4) is 0 Å². The summed E-state index contributed by atoms with van der Waals surface area (Å²) in [6, 6.07) is 0. The predicted molar refractivity (Wildman–Crippen MR) is 71.0 cm³/mol. The number of carboxylic acids is 1. The molecule has 100 valence electrons. The van der Waals surface area contributed by atoms with Gasteiger partial charge in [0.15, 0.2) is 0 Å². The molecule has 1 N–H and O–H groups in total. The van der Waals surface area contributed by atoms with E-state index in [0.29, 0.717) is 5.92 Å². The maximum Gasteiger partial charge on any atom is 0.306 e. The van der Waals surface area contributed by atoms with Crippen LogP contribution in [0.2, 0.25) is 0 Å². The van der Waals surface area contributed by atoms with Gasteiger partial charge in [-0.25, -0.2) is 0 Å². The largest absolute Gasteiger partial charge is 0.481 e. The monoisotopic (exact) mass is 240 g/mol. The molecule has 1 fully saturated rings. The van der Waals surface area contributed by atoms with E-state index >= 15 is 0 Å². The number of hydrogen-bond donors (Lipinski definition) is 1. The van der Waals surface area contributed by atoms with Crippen molar-refractivity contribution in [2.75, 3.05) is 0 Å². The molecule has 0 aromatic rings. The topological polar surface area (TPSA) is 37.3 Å². The average Bonchev–Trinajstić information content (AvgIpc) is 2.35. The van der Waals surface area contributed by atoms with Crippen LogP contribution in [0.5, 0.6) is 0 Å². The third-order valence-electron chi connectivity index (χ3n) is 4.39. The molecule has 2 atom stereocenters. The van der Waals surface area contributed by atoms with Gasteiger partial charge in [-0.05, 0) is 18.3 Å². The summed E-state index contributed by atoms with van der Waals surface area (Å²) in [5.41, 5.74) is 0. The fourth-order valence-electron chi connectivity index (χ4n) is 3.04. The molecule has 1 aliphatic carbocycles. The first kappa shape index (κ1) is 14.5. The highest BCUT2D eigenvalue weighted by atomic mass is 16.4. The van der Waals surface area contributed by atoms with E-state index < -0.39 is 5.97 Å². The molecule has 0 heterocycles. The highest BCUT2D eigenvalue weighted by Crippen LogP contribution is 2.30. The van der Waals surface area contributed by atoms with Crippen molar-refractivity contribution in [3.8, 4) is 0 Å². The Morgan fingerprint density at radius 3 is 2.47 bits per heavy atom. The molecule has 2 nitrogen and oxygen atoms in total. The van der Waals surface area contributed by atoms with Crippen molar-refractivity contribution in [3.63, 3.8) is 0 Å². The van der Waals surface area contributed by atoms with Crippen LogP contribution in [0.1, 0.15) is 71.6 Å². The van der Waals surface area contributed by atoms with Crippen molar-refractivity contribution in [3.05, 3.63) is 0 Å². The Bertz CT molecular complexity index is 219. The van der Waals surface area contributed by atoms with Crippen molar-refractivity contribution < 1.29 is 9.90 Å². The Hall–Kier alpha value is -0.530. The van der Waals surface area contributed by atoms with Crippen LogP contribution >= 0.6 is 0 Å². The van der Waals surface area contributed by atoms with E-state index in [-0.39, 0.29) is 5.92 Å². The van der Waals surface area contributed by atoms with Crippen LogP contribution in [-0.4, -0.2) is 11.1 Å². The number of aliphatic carboxylic acids is 1. The van der Waals surface area contributed by atoms with Crippen LogP contribution in [0.4, 0.5) is 0 Å². The number of carboxylic acid groups (broad SMARTS) is 1. The first-order valence-electron chi connectivity index (χ1n) is 7.36. The summed E-state index contributed by atoms with van der Waals surface area (Å²) in [5, 5.41) is 8.94. The third kappa shape index (κ3) is 5.56. The van der Waals surface area contributed by atoms with E-state index in [1.54, 1.807) is 0 Å². The van der Waals surface area contributed by atoms with Crippen LogP contribution in [0.15, 0.2) is 0 Å². The van der Waals surface area contributed by atoms with E-state index in [4.69, 9.17) is 5.11 Å². The van der Waals surface area contributed by atoms with E-state index in [9.17, 15) is 4.79 Å². The van der Waals surface area contributed by atoms with Gasteiger partial charge in [-0.3, -0.25) is 4.79 Å². The van der Waals surface area contributed by atoms with Gasteiger partial charge in [0, 0.05) is 0 Å². The molecule has 0 amide bonds. The second-order valence-corrected chi connectivity index (χ2v) is 5.83. The van der Waals surface area contributed by atoms with Gasteiger partial charge in [0.1, 0.15) is 0 Å². The normalized spacial score (nSPS) is 21.1. The summed E-state index contributed by atoms with van der Waals surface area (Å²) in [6.07, 6.45) is 11.6. The molecule has 0 saturated heterocycles. The van der Waals surface area contributed by atoms with Gasteiger partial charge in [0.05, 0.1) is 5.92 Å². The predicted octanol–water partition coefficient (Wildman–Crippen LogP) is 4.48. The van der Waals surface area contributed by atoms with Crippen LogP contribution < -0.4 is 0 Å². The van der Waals surface area contributed by atoms with Gasteiger partial charge in [-0.1, -0.05) is 65.2 Å². The lowest BCUT2D eigenvalue weighted by Gasteiger charge is -2.24. The first-order chi connectivity index (χ1) is 8.13. The Balaban J connectivity index is 2.23. The Morgan fingerprint density at radius 2 is 1.94 bits per heavy atom. The zero-order valence-corrected chi connectivity index (χ0v) is 11.5. The summed E-state index contributed by atoms with van der Waals surface area (Å²) in [5.74, 6) is 0.730.